The van der Waals surface area contributed by atoms with Crippen LogP contribution in [-0.4, -0.2) is 24.5 Å². The molecule has 2 atom stereocenters. The van der Waals surface area contributed by atoms with E-state index < -0.39 is 0 Å². The van der Waals surface area contributed by atoms with Crippen LogP contribution in [-0.2, 0) is 0 Å². The largest absolute Gasteiger partial charge is 0.303 e. The van der Waals surface area contributed by atoms with Crippen molar-refractivity contribution in [1.29, 1.82) is 0 Å². The van der Waals surface area contributed by atoms with Gasteiger partial charge in [0.2, 0.25) is 0 Å². The number of rotatable bonds is 6. The lowest BCUT2D eigenvalue weighted by molar-refractivity contribution is 0.254. The van der Waals surface area contributed by atoms with Crippen LogP contribution < -0.4 is 0 Å². The van der Waals surface area contributed by atoms with E-state index in [0.29, 0.717) is 0 Å². The molecule has 0 bridgehead atoms. The molecular weight excluding hydrogens is 170 g/mol. The van der Waals surface area contributed by atoms with E-state index in [2.05, 4.69) is 25.7 Å². The normalized spacial score (nSPS) is 25.5. The summed E-state index contributed by atoms with van der Waals surface area (Å²) in [6, 6.07) is 0. The maximum Gasteiger partial charge on any atom is 0.000967 e. The first-order valence-electron chi connectivity index (χ1n) is 6.48. The molecule has 1 heterocycles. The summed E-state index contributed by atoms with van der Waals surface area (Å²) in [6.07, 6.45) is 7.00. The van der Waals surface area contributed by atoms with Crippen LogP contribution >= 0.6 is 0 Å². The van der Waals surface area contributed by atoms with Crippen LogP contribution in [0.25, 0.3) is 0 Å². The fraction of sp³-hybridized carbons (Fsp3) is 1.00. The van der Waals surface area contributed by atoms with Gasteiger partial charge in [0.15, 0.2) is 0 Å². The number of hydrogen-bond acceptors (Lipinski definition) is 1. The molecule has 14 heavy (non-hydrogen) atoms. The number of likely N-dealkylation sites (tertiary alicyclic amines) is 1. The van der Waals surface area contributed by atoms with E-state index in [0.717, 1.165) is 11.8 Å². The third-order valence-electron chi connectivity index (χ3n) is 3.57. The summed E-state index contributed by atoms with van der Waals surface area (Å²) in [5.41, 5.74) is 0. The average Bonchev–Trinajstić information content (AvgIpc) is 2.58. The minimum atomic E-state index is 0.943. The second-order valence-corrected chi connectivity index (χ2v) is 5.07. The Kier molecular flexibility index (Phi) is 5.54. The number of nitrogens with zero attached hydrogens (tertiary/aromatic N) is 1. The monoisotopic (exact) mass is 197 g/mol. The smallest absolute Gasteiger partial charge is 0.000967 e. The van der Waals surface area contributed by atoms with Crippen molar-refractivity contribution < 1.29 is 0 Å². The second-order valence-electron chi connectivity index (χ2n) is 5.07. The highest BCUT2D eigenvalue weighted by atomic mass is 15.1. The van der Waals surface area contributed by atoms with E-state index in [4.69, 9.17) is 0 Å². The minimum absolute atomic E-state index is 0.943. The molecule has 1 heteroatoms. The highest BCUT2D eigenvalue weighted by Gasteiger charge is 2.20. The van der Waals surface area contributed by atoms with Crippen molar-refractivity contribution in [2.75, 3.05) is 19.6 Å². The van der Waals surface area contributed by atoms with Gasteiger partial charge >= 0.3 is 0 Å². The van der Waals surface area contributed by atoms with Crippen molar-refractivity contribution in [1.82, 2.24) is 4.90 Å². The summed E-state index contributed by atoms with van der Waals surface area (Å²) < 4.78 is 0. The molecule has 1 nitrogen and oxygen atoms in total. The highest BCUT2D eigenvalue weighted by molar-refractivity contribution is 4.74. The van der Waals surface area contributed by atoms with Crippen molar-refractivity contribution in [3.05, 3.63) is 0 Å². The van der Waals surface area contributed by atoms with Crippen molar-refractivity contribution >= 4 is 0 Å². The third kappa shape index (κ3) is 4.00. The van der Waals surface area contributed by atoms with Gasteiger partial charge < -0.3 is 4.90 Å². The Bertz CT molecular complexity index is 144. The molecule has 0 radical (unpaired) electrons. The number of unbranched alkanes of at least 4 members (excludes halogenated alkanes) is 1. The Morgan fingerprint density at radius 3 is 2.64 bits per heavy atom. The molecular formula is C13H27N. The van der Waals surface area contributed by atoms with Crippen LogP contribution in [0.1, 0.15) is 52.9 Å². The van der Waals surface area contributed by atoms with Crippen LogP contribution in [0.3, 0.4) is 0 Å². The van der Waals surface area contributed by atoms with E-state index >= 15 is 0 Å². The zero-order valence-corrected chi connectivity index (χ0v) is 10.3. The molecule has 0 aromatic heterocycles. The van der Waals surface area contributed by atoms with Gasteiger partial charge in [-0.2, -0.15) is 0 Å². The van der Waals surface area contributed by atoms with Gasteiger partial charge in [-0.25, -0.2) is 0 Å². The lowest BCUT2D eigenvalue weighted by atomic mass is 9.99. The second kappa shape index (κ2) is 6.44. The maximum absolute atomic E-state index is 2.68. The van der Waals surface area contributed by atoms with Crippen LogP contribution in [0.4, 0.5) is 0 Å². The zero-order valence-electron chi connectivity index (χ0n) is 10.3. The molecule has 0 amide bonds. The summed E-state index contributed by atoms with van der Waals surface area (Å²) in [7, 11) is 0. The van der Waals surface area contributed by atoms with E-state index in [9.17, 15) is 0 Å². The molecule has 1 aliphatic rings. The van der Waals surface area contributed by atoms with Gasteiger partial charge in [0, 0.05) is 13.1 Å². The van der Waals surface area contributed by atoms with Crippen molar-refractivity contribution in [3.63, 3.8) is 0 Å². The Balaban J connectivity index is 2.19. The van der Waals surface area contributed by atoms with E-state index in [1.807, 2.05) is 0 Å². The first-order valence-corrected chi connectivity index (χ1v) is 6.48. The topological polar surface area (TPSA) is 3.24 Å². The predicted molar refractivity (Wildman–Crippen MR) is 63.5 cm³/mol. The lowest BCUT2D eigenvalue weighted by Crippen LogP contribution is -2.27. The minimum Gasteiger partial charge on any atom is -0.303 e. The first kappa shape index (κ1) is 12.0. The molecule has 1 fully saturated rings. The van der Waals surface area contributed by atoms with Gasteiger partial charge in [0.1, 0.15) is 0 Å². The quantitative estimate of drug-likeness (QED) is 0.629. The summed E-state index contributed by atoms with van der Waals surface area (Å²) in [5.74, 6) is 1.90. The predicted octanol–water partition coefficient (Wildman–Crippen LogP) is 3.54. The Morgan fingerprint density at radius 1 is 1.36 bits per heavy atom. The Labute approximate surface area is 89.9 Å². The van der Waals surface area contributed by atoms with E-state index in [1.54, 1.807) is 0 Å². The maximum atomic E-state index is 2.68. The lowest BCUT2D eigenvalue weighted by Gasteiger charge is -2.22. The zero-order chi connectivity index (χ0) is 10.4. The molecule has 0 aliphatic carbocycles. The van der Waals surface area contributed by atoms with Crippen molar-refractivity contribution in [3.8, 4) is 0 Å². The highest BCUT2D eigenvalue weighted by Crippen LogP contribution is 2.20. The van der Waals surface area contributed by atoms with Crippen LogP contribution in [0.5, 0.6) is 0 Å². The molecule has 1 rings (SSSR count). The van der Waals surface area contributed by atoms with Crippen LogP contribution in [0.2, 0.25) is 0 Å². The van der Waals surface area contributed by atoms with Gasteiger partial charge in [-0.15, -0.1) is 0 Å². The van der Waals surface area contributed by atoms with Crippen LogP contribution in [0, 0.1) is 11.8 Å². The van der Waals surface area contributed by atoms with Crippen molar-refractivity contribution in [2.24, 2.45) is 11.8 Å². The molecule has 1 aliphatic heterocycles. The van der Waals surface area contributed by atoms with Crippen molar-refractivity contribution in [2.45, 2.75) is 52.9 Å². The number of hydrogen-bond donors (Lipinski definition) is 0. The van der Waals surface area contributed by atoms with Gasteiger partial charge in [-0.3, -0.25) is 0 Å². The fourth-order valence-electron chi connectivity index (χ4n) is 2.47. The molecule has 0 N–H and O–H groups in total. The van der Waals surface area contributed by atoms with E-state index in [-0.39, 0.29) is 0 Å². The summed E-state index contributed by atoms with van der Waals surface area (Å²) in [6.45, 7) is 11.1. The molecule has 84 valence electrons. The van der Waals surface area contributed by atoms with Gasteiger partial charge in [-0.05, 0) is 31.2 Å². The summed E-state index contributed by atoms with van der Waals surface area (Å²) in [5, 5.41) is 0. The summed E-state index contributed by atoms with van der Waals surface area (Å²) >= 11 is 0. The van der Waals surface area contributed by atoms with Gasteiger partial charge in [-0.1, -0.05) is 40.0 Å². The van der Waals surface area contributed by atoms with Crippen LogP contribution in [0.15, 0.2) is 0 Å². The van der Waals surface area contributed by atoms with Gasteiger partial charge in [0.05, 0.1) is 0 Å². The Morgan fingerprint density at radius 2 is 2.14 bits per heavy atom. The molecule has 0 saturated carbocycles. The molecule has 0 aromatic rings. The standard InChI is InChI=1S/C13H27N/c1-4-6-7-13(5-2)11-14-9-8-12(3)10-14/h12-13H,4-11H2,1-3H3. The first-order chi connectivity index (χ1) is 6.76. The SMILES string of the molecule is CCCCC(CC)CN1CCC(C)C1. The average molecular weight is 197 g/mol. The molecule has 0 spiro atoms. The molecule has 2 unspecified atom stereocenters. The fourth-order valence-corrected chi connectivity index (χ4v) is 2.47. The summed E-state index contributed by atoms with van der Waals surface area (Å²) in [4.78, 5) is 2.68. The molecule has 0 aromatic carbocycles. The Hall–Kier alpha value is -0.0400. The molecule has 1 saturated heterocycles. The van der Waals surface area contributed by atoms with Gasteiger partial charge in [0.25, 0.3) is 0 Å². The van der Waals surface area contributed by atoms with E-state index in [1.165, 1.54) is 51.7 Å². The third-order valence-corrected chi connectivity index (χ3v) is 3.57.